The number of aryl methyl sites for hydroxylation is 1. The number of carbonyl (C=O) groups is 1. The Labute approximate surface area is 128 Å². The number of aromatic nitrogens is 2. The first-order valence-electron chi connectivity index (χ1n) is 7.48. The van der Waals surface area contributed by atoms with Gasteiger partial charge < -0.3 is 13.9 Å². The van der Waals surface area contributed by atoms with E-state index in [2.05, 4.69) is 4.98 Å². The zero-order valence-corrected chi connectivity index (χ0v) is 12.6. The molecule has 1 aliphatic heterocycles. The van der Waals surface area contributed by atoms with Gasteiger partial charge in [0.15, 0.2) is 11.2 Å². The van der Waals surface area contributed by atoms with Gasteiger partial charge in [0.05, 0.1) is 6.33 Å². The number of carbonyl (C=O) groups excluding carboxylic acids is 1. The average molecular weight is 301 g/mol. The molecule has 6 nitrogen and oxygen atoms in total. The van der Waals surface area contributed by atoms with Crippen LogP contribution in [-0.2, 0) is 6.54 Å². The quantitative estimate of drug-likeness (QED) is 0.865. The lowest BCUT2D eigenvalue weighted by Crippen LogP contribution is -2.41. The van der Waals surface area contributed by atoms with Crippen LogP contribution in [0.1, 0.15) is 29.2 Å². The Kier molecular flexibility index (Phi) is 4.09. The van der Waals surface area contributed by atoms with Crippen molar-refractivity contribution in [1.29, 1.82) is 0 Å². The van der Waals surface area contributed by atoms with E-state index in [0.717, 1.165) is 19.4 Å². The normalized spacial score (nSPS) is 18.4. The molecule has 0 bridgehead atoms. The third kappa shape index (κ3) is 3.27. The van der Waals surface area contributed by atoms with Crippen molar-refractivity contribution in [3.05, 3.63) is 52.6 Å². The Balaban J connectivity index is 1.71. The van der Waals surface area contributed by atoms with Crippen molar-refractivity contribution >= 4 is 5.91 Å². The number of amides is 1. The van der Waals surface area contributed by atoms with Gasteiger partial charge >= 0.3 is 0 Å². The van der Waals surface area contributed by atoms with Crippen LogP contribution in [0, 0.1) is 12.8 Å². The maximum atomic E-state index is 12.5. The van der Waals surface area contributed by atoms with E-state index in [1.54, 1.807) is 24.3 Å². The van der Waals surface area contributed by atoms with Gasteiger partial charge in [0.2, 0.25) is 0 Å². The number of piperidine rings is 1. The molecule has 3 heterocycles. The van der Waals surface area contributed by atoms with E-state index < -0.39 is 0 Å². The predicted octanol–water partition coefficient (Wildman–Crippen LogP) is 1.70. The van der Waals surface area contributed by atoms with Crippen molar-refractivity contribution < 1.29 is 9.21 Å². The van der Waals surface area contributed by atoms with Gasteiger partial charge in [0.25, 0.3) is 5.91 Å². The van der Waals surface area contributed by atoms with Crippen LogP contribution in [0.25, 0.3) is 0 Å². The molecule has 1 atom stereocenters. The summed E-state index contributed by atoms with van der Waals surface area (Å²) in [6.07, 6.45) is 7.52. The van der Waals surface area contributed by atoms with Crippen LogP contribution >= 0.6 is 0 Å². The number of hydrogen-bond donors (Lipinski definition) is 0. The lowest BCUT2D eigenvalue weighted by Gasteiger charge is -2.32. The van der Waals surface area contributed by atoms with Crippen molar-refractivity contribution in [3.63, 3.8) is 0 Å². The first-order chi connectivity index (χ1) is 10.6. The molecule has 0 spiro atoms. The van der Waals surface area contributed by atoms with Crippen molar-refractivity contribution in [2.75, 3.05) is 13.1 Å². The monoisotopic (exact) mass is 301 g/mol. The fraction of sp³-hybridized carbons (Fsp3) is 0.438. The van der Waals surface area contributed by atoms with Crippen LogP contribution in [-0.4, -0.2) is 33.4 Å². The van der Waals surface area contributed by atoms with Crippen LogP contribution in [0.15, 0.2) is 40.1 Å². The summed E-state index contributed by atoms with van der Waals surface area (Å²) in [7, 11) is 0. The Hall–Kier alpha value is -2.37. The second-order valence-corrected chi connectivity index (χ2v) is 5.79. The molecule has 3 rings (SSSR count). The van der Waals surface area contributed by atoms with Crippen LogP contribution in [0.4, 0.5) is 0 Å². The predicted molar refractivity (Wildman–Crippen MR) is 80.6 cm³/mol. The summed E-state index contributed by atoms with van der Waals surface area (Å²) in [5.41, 5.74) is -0.195. The summed E-state index contributed by atoms with van der Waals surface area (Å²) >= 11 is 0. The highest BCUT2D eigenvalue weighted by molar-refractivity contribution is 5.91. The Morgan fingerprint density at radius 2 is 2.32 bits per heavy atom. The Bertz CT molecular complexity index is 706. The van der Waals surface area contributed by atoms with Crippen LogP contribution in [0.3, 0.4) is 0 Å². The first-order valence-corrected chi connectivity index (χ1v) is 7.48. The summed E-state index contributed by atoms with van der Waals surface area (Å²) in [4.78, 5) is 29.9. The maximum Gasteiger partial charge on any atom is 0.289 e. The summed E-state index contributed by atoms with van der Waals surface area (Å²) in [5, 5.41) is 0. The van der Waals surface area contributed by atoms with Crippen LogP contribution < -0.4 is 5.43 Å². The smallest absolute Gasteiger partial charge is 0.289 e. The highest BCUT2D eigenvalue weighted by Gasteiger charge is 2.26. The van der Waals surface area contributed by atoms with Gasteiger partial charge in [-0.2, -0.15) is 0 Å². The molecular weight excluding hydrogens is 282 g/mol. The Morgan fingerprint density at radius 1 is 1.45 bits per heavy atom. The van der Waals surface area contributed by atoms with Gasteiger partial charge in [0.1, 0.15) is 5.76 Å². The zero-order valence-electron chi connectivity index (χ0n) is 12.6. The molecule has 2 aromatic heterocycles. The summed E-state index contributed by atoms with van der Waals surface area (Å²) in [6.45, 7) is 3.91. The summed E-state index contributed by atoms with van der Waals surface area (Å²) < 4.78 is 7.44. The van der Waals surface area contributed by atoms with E-state index in [-0.39, 0.29) is 17.1 Å². The van der Waals surface area contributed by atoms with Crippen LogP contribution in [0.2, 0.25) is 0 Å². The number of hydrogen-bond acceptors (Lipinski definition) is 4. The number of imidazole rings is 1. The molecule has 6 heteroatoms. The molecule has 1 fully saturated rings. The summed E-state index contributed by atoms with van der Waals surface area (Å²) in [5.74, 6) is 0.788. The average Bonchev–Trinajstić information content (AvgIpc) is 2.98. The molecule has 0 aromatic carbocycles. The molecular formula is C16H19N3O3. The molecule has 0 saturated carbocycles. The van der Waals surface area contributed by atoms with Gasteiger partial charge in [-0.3, -0.25) is 9.59 Å². The van der Waals surface area contributed by atoms with Crippen molar-refractivity contribution in [3.8, 4) is 0 Å². The molecule has 0 aliphatic carbocycles. The van der Waals surface area contributed by atoms with Crippen LogP contribution in [0.5, 0.6) is 0 Å². The van der Waals surface area contributed by atoms with E-state index in [9.17, 15) is 9.59 Å². The van der Waals surface area contributed by atoms with Gasteiger partial charge in [-0.15, -0.1) is 0 Å². The van der Waals surface area contributed by atoms with Gasteiger partial charge in [-0.1, -0.05) is 0 Å². The molecule has 22 heavy (non-hydrogen) atoms. The fourth-order valence-electron chi connectivity index (χ4n) is 2.96. The molecule has 116 valence electrons. The minimum absolute atomic E-state index is 0.133. The summed E-state index contributed by atoms with van der Waals surface area (Å²) in [6, 6.07) is 2.66. The number of nitrogens with zero attached hydrogens (tertiary/aromatic N) is 3. The molecule has 1 saturated heterocycles. The number of likely N-dealkylation sites (tertiary alicyclic amines) is 1. The molecule has 2 aromatic rings. The number of rotatable bonds is 3. The van der Waals surface area contributed by atoms with Gasteiger partial charge in [-0.05, 0) is 25.7 Å². The van der Waals surface area contributed by atoms with E-state index in [1.807, 2.05) is 10.8 Å². The minimum Gasteiger partial charge on any atom is -0.456 e. The fourth-order valence-corrected chi connectivity index (χ4v) is 2.96. The lowest BCUT2D eigenvalue weighted by atomic mass is 9.97. The van der Waals surface area contributed by atoms with Gasteiger partial charge in [-0.25, -0.2) is 4.98 Å². The third-order valence-electron chi connectivity index (χ3n) is 3.94. The van der Waals surface area contributed by atoms with Crippen molar-refractivity contribution in [2.45, 2.75) is 26.3 Å². The highest BCUT2D eigenvalue weighted by atomic mass is 16.3. The van der Waals surface area contributed by atoms with Gasteiger partial charge in [0, 0.05) is 44.2 Å². The molecule has 1 amide bonds. The molecule has 1 aliphatic rings. The molecule has 0 unspecified atom stereocenters. The highest BCUT2D eigenvalue weighted by Crippen LogP contribution is 2.20. The third-order valence-corrected chi connectivity index (χ3v) is 3.94. The zero-order chi connectivity index (χ0) is 15.5. The van der Waals surface area contributed by atoms with E-state index in [4.69, 9.17) is 4.42 Å². The SMILES string of the molecule is Cc1cc(=O)cc(C(=O)N2CCC[C@H](Cn3ccnc3)C2)o1. The van der Waals surface area contributed by atoms with E-state index >= 15 is 0 Å². The maximum absolute atomic E-state index is 12.5. The van der Waals surface area contributed by atoms with E-state index in [0.29, 0.717) is 24.8 Å². The minimum atomic E-state index is -0.198. The topological polar surface area (TPSA) is 68.3 Å². The molecule has 0 radical (unpaired) electrons. The van der Waals surface area contributed by atoms with E-state index in [1.165, 1.54) is 12.1 Å². The second kappa shape index (κ2) is 6.17. The standard InChI is InChI=1S/C16H19N3O3/c1-12-7-14(20)8-15(22-12)16(21)19-5-2-3-13(10-19)9-18-6-4-17-11-18/h4,6-8,11,13H,2-3,5,9-10H2,1H3/t13-/m1/s1. The first kappa shape index (κ1) is 14.6. The largest absolute Gasteiger partial charge is 0.456 e. The molecule has 0 N–H and O–H groups in total. The van der Waals surface area contributed by atoms with Crippen molar-refractivity contribution in [2.24, 2.45) is 5.92 Å². The lowest BCUT2D eigenvalue weighted by molar-refractivity contribution is 0.0626. The second-order valence-electron chi connectivity index (χ2n) is 5.79. The van der Waals surface area contributed by atoms with Crippen molar-refractivity contribution in [1.82, 2.24) is 14.5 Å². The Morgan fingerprint density at radius 3 is 3.05 bits per heavy atom.